The third-order valence-electron chi connectivity index (χ3n) is 15.6. The molecule has 7 atom stereocenters. The molecule has 0 aromatic carbocycles. The number of hydrogen-bond donors (Lipinski definition) is 0. The maximum Gasteiger partial charge on any atom is 0.192 e. The third-order valence-corrected chi connectivity index (χ3v) is 29.4. The molecule has 0 amide bonds. The van der Waals surface area contributed by atoms with Crippen LogP contribution in [-0.2, 0) is 13.3 Å². The van der Waals surface area contributed by atoms with E-state index in [9.17, 15) is 0 Å². The van der Waals surface area contributed by atoms with Gasteiger partial charge >= 0.3 is 0 Å². The zero-order chi connectivity index (χ0) is 39.7. The summed E-state index contributed by atoms with van der Waals surface area (Å²) in [6.07, 6.45) is 18.6. The van der Waals surface area contributed by atoms with E-state index in [4.69, 9.17) is 13.3 Å². The number of allylic oxidation sites excluding steroid dienone is 4. The Morgan fingerprint density at radius 3 is 1.75 bits per heavy atom. The second kappa shape index (κ2) is 16.9. The summed E-state index contributed by atoms with van der Waals surface area (Å²) in [5.74, 6) is 2.37. The molecule has 0 aromatic heterocycles. The van der Waals surface area contributed by atoms with E-state index < -0.39 is 25.0 Å². The summed E-state index contributed by atoms with van der Waals surface area (Å²) in [5.41, 5.74) is 4.56. The molecule has 0 heterocycles. The molecule has 3 nitrogen and oxygen atoms in total. The zero-order valence-electron chi connectivity index (χ0n) is 37.8. The quantitative estimate of drug-likeness (QED) is 0.130. The molecule has 0 radical (unpaired) electrons. The SMILES string of the molecule is C=C1[C@@H](O[Si](C)(C)C(C)(C)C)CC(=C/C=C2\CCC[C@@]3(C)C2CCC3[C@H](C)/C=C/[C@@H](C)C(C)(C)O[Si](CC)(CC)CC)C[C@H]1O[Si](C)(C)C(C)(C)C. The van der Waals surface area contributed by atoms with Crippen molar-refractivity contribution in [3.8, 4) is 0 Å². The van der Waals surface area contributed by atoms with E-state index >= 15 is 0 Å². The highest BCUT2D eigenvalue weighted by atomic mass is 28.4. The fraction of sp³-hybridized carbons (Fsp3) is 0.826. The van der Waals surface area contributed by atoms with Gasteiger partial charge < -0.3 is 13.3 Å². The van der Waals surface area contributed by atoms with Crippen molar-refractivity contribution < 1.29 is 13.3 Å². The molecule has 0 N–H and O–H groups in total. The van der Waals surface area contributed by atoms with E-state index in [1.54, 1.807) is 5.57 Å². The molecular formula is C46H86O3Si3. The van der Waals surface area contributed by atoms with Crippen LogP contribution in [0, 0.1) is 29.1 Å². The van der Waals surface area contributed by atoms with Crippen molar-refractivity contribution in [2.45, 2.75) is 214 Å². The lowest BCUT2D eigenvalue weighted by Crippen LogP contribution is -2.49. The maximum atomic E-state index is 7.14. The number of rotatable bonds is 14. The fourth-order valence-corrected chi connectivity index (χ4v) is 15.0. The Bertz CT molecular complexity index is 1250. The molecule has 3 saturated carbocycles. The molecule has 2 unspecified atom stereocenters. The summed E-state index contributed by atoms with van der Waals surface area (Å²) in [6, 6.07) is 3.61. The Morgan fingerprint density at radius 1 is 0.788 bits per heavy atom. The summed E-state index contributed by atoms with van der Waals surface area (Å²) in [6.45, 7) is 47.5. The van der Waals surface area contributed by atoms with Crippen LogP contribution in [0.15, 0.2) is 47.6 Å². The van der Waals surface area contributed by atoms with Gasteiger partial charge in [0.25, 0.3) is 0 Å². The van der Waals surface area contributed by atoms with Crippen LogP contribution in [0.25, 0.3) is 0 Å². The average Bonchev–Trinajstić information content (AvgIpc) is 3.39. The molecule has 6 heteroatoms. The van der Waals surface area contributed by atoms with E-state index in [2.05, 4.69) is 154 Å². The molecule has 0 aromatic rings. The van der Waals surface area contributed by atoms with Crippen molar-refractivity contribution in [1.29, 1.82) is 0 Å². The molecule has 0 saturated heterocycles. The Hall–Kier alpha value is -0.509. The summed E-state index contributed by atoms with van der Waals surface area (Å²) in [5, 5.41) is 0.303. The van der Waals surface area contributed by atoms with E-state index in [0.717, 1.165) is 24.3 Å². The number of fused-ring (bicyclic) bond motifs is 1. The minimum atomic E-state index is -1.99. The first-order valence-corrected chi connectivity index (χ1v) is 29.8. The Balaban J connectivity index is 1.85. The molecule has 0 aliphatic heterocycles. The molecular weight excluding hydrogens is 685 g/mol. The first-order chi connectivity index (χ1) is 23.7. The summed E-state index contributed by atoms with van der Waals surface area (Å²) < 4.78 is 21.3. The Morgan fingerprint density at radius 2 is 1.29 bits per heavy atom. The van der Waals surface area contributed by atoms with Gasteiger partial charge in [-0.1, -0.05) is 125 Å². The van der Waals surface area contributed by atoms with E-state index in [0.29, 0.717) is 23.2 Å². The summed E-state index contributed by atoms with van der Waals surface area (Å²) >= 11 is 0. The molecule has 0 spiro atoms. The van der Waals surface area contributed by atoms with Crippen LogP contribution in [0.1, 0.15) is 142 Å². The van der Waals surface area contributed by atoms with Crippen molar-refractivity contribution in [3.05, 3.63) is 47.6 Å². The lowest BCUT2D eigenvalue weighted by Gasteiger charge is -2.46. The fourth-order valence-electron chi connectivity index (χ4n) is 9.16. The van der Waals surface area contributed by atoms with E-state index in [1.807, 2.05) is 0 Å². The highest BCUT2D eigenvalue weighted by molar-refractivity contribution is 6.74. The van der Waals surface area contributed by atoms with Gasteiger partial charge in [0.1, 0.15) is 0 Å². The molecule has 3 aliphatic rings. The van der Waals surface area contributed by atoms with Crippen LogP contribution in [0.3, 0.4) is 0 Å². The molecule has 3 aliphatic carbocycles. The van der Waals surface area contributed by atoms with Crippen LogP contribution in [0.4, 0.5) is 0 Å². The minimum absolute atomic E-state index is 0.0247. The number of hydrogen-bond acceptors (Lipinski definition) is 3. The molecule has 0 bridgehead atoms. The van der Waals surface area contributed by atoms with Crippen LogP contribution >= 0.6 is 0 Å². The van der Waals surface area contributed by atoms with Crippen molar-refractivity contribution >= 4 is 25.0 Å². The van der Waals surface area contributed by atoms with Gasteiger partial charge in [-0.05, 0) is 142 Å². The second-order valence-electron chi connectivity index (χ2n) is 21.4. The van der Waals surface area contributed by atoms with Crippen molar-refractivity contribution in [1.82, 2.24) is 0 Å². The second-order valence-corrected chi connectivity index (χ2v) is 35.6. The topological polar surface area (TPSA) is 27.7 Å². The van der Waals surface area contributed by atoms with Gasteiger partial charge in [0.2, 0.25) is 0 Å². The first-order valence-electron chi connectivity index (χ1n) is 21.5. The van der Waals surface area contributed by atoms with Gasteiger partial charge in [0, 0.05) is 5.92 Å². The third kappa shape index (κ3) is 10.3. The van der Waals surface area contributed by atoms with Gasteiger partial charge in [-0.2, -0.15) is 0 Å². The smallest absolute Gasteiger partial charge is 0.192 e. The predicted octanol–water partition coefficient (Wildman–Crippen LogP) is 14.8. The van der Waals surface area contributed by atoms with Crippen LogP contribution in [-0.4, -0.2) is 42.8 Å². The van der Waals surface area contributed by atoms with Gasteiger partial charge in [0.15, 0.2) is 25.0 Å². The van der Waals surface area contributed by atoms with Crippen molar-refractivity contribution in [3.63, 3.8) is 0 Å². The minimum Gasteiger partial charge on any atom is -0.411 e. The molecule has 300 valence electrons. The maximum absolute atomic E-state index is 7.14. The highest BCUT2D eigenvalue weighted by Gasteiger charge is 2.51. The average molecular weight is 771 g/mol. The highest BCUT2D eigenvalue weighted by Crippen LogP contribution is 2.59. The standard InChI is InChI=1S/C46H86O3Si3/c1-20-52(21-2,22-3)49-45(13,14)35(5)26-25-34(4)39-29-30-40-38(24-23-31-46(39,40)15)28-27-37-32-41(47-50(16,17)43(7,8)9)36(6)42(33-37)48-51(18,19)44(10,11)12/h25-28,34-35,39-42H,6,20-24,29-33H2,1-5,7-19H3/b26-25+,37-27?,38-28+/t34-,35-,39?,40?,41-,42+,46-/m1/s1. The predicted molar refractivity (Wildman–Crippen MR) is 237 cm³/mol. The van der Waals surface area contributed by atoms with E-state index in [-0.39, 0.29) is 27.9 Å². The normalized spacial score (nSPS) is 30.0. The molecule has 3 rings (SSSR count). The Labute approximate surface area is 327 Å². The van der Waals surface area contributed by atoms with Crippen molar-refractivity contribution in [2.75, 3.05) is 0 Å². The van der Waals surface area contributed by atoms with Gasteiger partial charge in [-0.25, -0.2) is 0 Å². The largest absolute Gasteiger partial charge is 0.411 e. The van der Waals surface area contributed by atoms with E-state index in [1.165, 1.54) is 55.8 Å². The van der Waals surface area contributed by atoms with Crippen LogP contribution in [0.5, 0.6) is 0 Å². The van der Waals surface area contributed by atoms with Crippen LogP contribution < -0.4 is 0 Å². The van der Waals surface area contributed by atoms with Crippen LogP contribution in [0.2, 0.25) is 54.4 Å². The van der Waals surface area contributed by atoms with Crippen molar-refractivity contribution in [2.24, 2.45) is 29.1 Å². The van der Waals surface area contributed by atoms with Gasteiger partial charge in [0.05, 0.1) is 17.8 Å². The lowest BCUT2D eigenvalue weighted by atomic mass is 9.61. The first kappa shape index (κ1) is 45.9. The van der Waals surface area contributed by atoms with Gasteiger partial charge in [-0.3, -0.25) is 0 Å². The summed E-state index contributed by atoms with van der Waals surface area (Å²) in [4.78, 5) is 0. The monoisotopic (exact) mass is 771 g/mol. The lowest BCUT2D eigenvalue weighted by molar-refractivity contribution is 0.0584. The summed E-state index contributed by atoms with van der Waals surface area (Å²) in [7, 11) is -5.65. The molecule has 3 fully saturated rings. The Kier molecular flexibility index (Phi) is 14.9. The van der Waals surface area contributed by atoms with Gasteiger partial charge in [-0.15, -0.1) is 0 Å². The zero-order valence-corrected chi connectivity index (χ0v) is 40.8. The molecule has 52 heavy (non-hydrogen) atoms.